The Bertz CT molecular complexity index is 344. The molecule has 0 aliphatic heterocycles. The molecule has 86 valence electrons. The van der Waals surface area contributed by atoms with Gasteiger partial charge in [0.25, 0.3) is 0 Å². The summed E-state index contributed by atoms with van der Waals surface area (Å²) in [5.74, 6) is 11.4. The summed E-state index contributed by atoms with van der Waals surface area (Å²) in [4.78, 5) is 11.2. The average molecular weight is 217 g/mol. The molecule has 0 aromatic carbocycles. The molecular weight excluding hydrogens is 198 g/mol. The van der Waals surface area contributed by atoms with Gasteiger partial charge in [0.15, 0.2) is 0 Å². The van der Waals surface area contributed by atoms with Gasteiger partial charge in [-0.3, -0.25) is 4.79 Å². The van der Waals surface area contributed by atoms with Crippen LogP contribution in [0.4, 0.5) is 0 Å². The maximum absolute atomic E-state index is 11.2. The van der Waals surface area contributed by atoms with E-state index in [1.807, 2.05) is 6.08 Å². The fourth-order valence-corrected chi connectivity index (χ4v) is 0.879. The lowest BCUT2D eigenvalue weighted by Gasteiger charge is -2.03. The van der Waals surface area contributed by atoms with Crippen molar-refractivity contribution in [3.05, 3.63) is 12.2 Å². The van der Waals surface area contributed by atoms with Gasteiger partial charge in [-0.2, -0.15) is 0 Å². The fourth-order valence-electron chi connectivity index (χ4n) is 0.879. The van der Waals surface area contributed by atoms with E-state index in [1.54, 1.807) is 13.0 Å². The normalized spacial score (nSPS) is 9.25. The Morgan fingerprint density at radius 3 is 2.75 bits per heavy atom. The number of amides is 1. The number of hydrogen-bond acceptors (Lipinski definition) is 1. The Balaban J connectivity index is 3.64. The van der Waals surface area contributed by atoms with Crippen molar-refractivity contribution in [1.82, 2.24) is 5.32 Å². The average Bonchev–Trinajstić information content (AvgIpc) is 2.25. The standard InChI is InChI=1S/C14H19NO/c1-4-5-6-7-8-9-10-11-14(16)15-12-13(2)3/h10-11,13H,8-9,12H2,1-3H3,(H,15,16)/b11-10+. The van der Waals surface area contributed by atoms with Crippen molar-refractivity contribution >= 4 is 5.91 Å². The molecule has 0 fully saturated rings. The zero-order valence-electron chi connectivity index (χ0n) is 10.3. The Kier molecular flexibility index (Phi) is 8.84. The second-order valence-corrected chi connectivity index (χ2v) is 3.76. The summed E-state index contributed by atoms with van der Waals surface area (Å²) in [6.45, 7) is 6.60. The quantitative estimate of drug-likeness (QED) is 0.426. The van der Waals surface area contributed by atoms with Crippen molar-refractivity contribution in [1.29, 1.82) is 0 Å². The number of hydrogen-bond donors (Lipinski definition) is 1. The first-order chi connectivity index (χ1) is 7.66. The van der Waals surface area contributed by atoms with E-state index in [2.05, 4.69) is 42.8 Å². The Labute approximate surface area is 98.5 Å². The van der Waals surface area contributed by atoms with Crippen LogP contribution in [0.3, 0.4) is 0 Å². The van der Waals surface area contributed by atoms with Crippen LogP contribution in [-0.2, 0) is 4.79 Å². The fraction of sp³-hybridized carbons (Fsp3) is 0.500. The van der Waals surface area contributed by atoms with E-state index in [9.17, 15) is 4.79 Å². The van der Waals surface area contributed by atoms with Crippen LogP contribution in [0.2, 0.25) is 0 Å². The van der Waals surface area contributed by atoms with Crippen LogP contribution in [0.15, 0.2) is 12.2 Å². The molecule has 16 heavy (non-hydrogen) atoms. The summed E-state index contributed by atoms with van der Waals surface area (Å²) in [6.07, 6.45) is 4.93. The molecule has 0 bridgehead atoms. The van der Waals surface area contributed by atoms with Crippen molar-refractivity contribution in [2.75, 3.05) is 6.54 Å². The van der Waals surface area contributed by atoms with E-state index in [-0.39, 0.29) is 5.91 Å². The topological polar surface area (TPSA) is 29.1 Å². The number of unbranched alkanes of at least 4 members (excludes halogenated alkanes) is 1. The van der Waals surface area contributed by atoms with E-state index in [0.29, 0.717) is 5.92 Å². The molecule has 0 saturated carbocycles. The largest absolute Gasteiger partial charge is 0.352 e. The molecule has 0 heterocycles. The lowest BCUT2D eigenvalue weighted by Crippen LogP contribution is -2.25. The molecule has 0 atom stereocenters. The zero-order valence-corrected chi connectivity index (χ0v) is 10.3. The van der Waals surface area contributed by atoms with E-state index >= 15 is 0 Å². The van der Waals surface area contributed by atoms with Crippen molar-refractivity contribution in [2.45, 2.75) is 33.6 Å². The molecule has 2 heteroatoms. The zero-order chi connectivity index (χ0) is 12.2. The maximum atomic E-state index is 11.2. The molecule has 0 spiro atoms. The second kappa shape index (κ2) is 9.87. The number of allylic oxidation sites excluding steroid dienone is 1. The Morgan fingerprint density at radius 2 is 2.12 bits per heavy atom. The Hall–Kier alpha value is -1.67. The van der Waals surface area contributed by atoms with Gasteiger partial charge in [0.2, 0.25) is 5.91 Å². The van der Waals surface area contributed by atoms with Crippen molar-refractivity contribution in [2.24, 2.45) is 5.92 Å². The van der Waals surface area contributed by atoms with E-state index in [0.717, 1.165) is 19.4 Å². The van der Waals surface area contributed by atoms with Crippen LogP contribution in [0, 0.1) is 29.6 Å². The lowest BCUT2D eigenvalue weighted by atomic mass is 10.2. The molecule has 0 aliphatic rings. The molecule has 0 unspecified atom stereocenters. The van der Waals surface area contributed by atoms with Gasteiger partial charge in [-0.05, 0) is 37.2 Å². The van der Waals surface area contributed by atoms with E-state index < -0.39 is 0 Å². The predicted molar refractivity (Wildman–Crippen MR) is 67.4 cm³/mol. The monoisotopic (exact) mass is 217 g/mol. The smallest absolute Gasteiger partial charge is 0.243 e. The molecule has 0 aromatic rings. The van der Waals surface area contributed by atoms with Crippen molar-refractivity contribution in [3.8, 4) is 23.7 Å². The highest BCUT2D eigenvalue weighted by Gasteiger charge is 1.96. The third-order valence-corrected chi connectivity index (χ3v) is 1.67. The van der Waals surface area contributed by atoms with Gasteiger partial charge < -0.3 is 5.32 Å². The van der Waals surface area contributed by atoms with Gasteiger partial charge >= 0.3 is 0 Å². The highest BCUT2D eigenvalue weighted by molar-refractivity contribution is 5.87. The van der Waals surface area contributed by atoms with Crippen LogP contribution >= 0.6 is 0 Å². The summed E-state index contributed by atoms with van der Waals surface area (Å²) in [7, 11) is 0. The summed E-state index contributed by atoms with van der Waals surface area (Å²) in [5.41, 5.74) is 0. The van der Waals surface area contributed by atoms with Gasteiger partial charge in [0.1, 0.15) is 0 Å². The van der Waals surface area contributed by atoms with Crippen molar-refractivity contribution in [3.63, 3.8) is 0 Å². The molecule has 1 amide bonds. The van der Waals surface area contributed by atoms with E-state index in [1.165, 1.54) is 0 Å². The minimum Gasteiger partial charge on any atom is -0.352 e. The molecular formula is C14H19NO. The van der Waals surface area contributed by atoms with Gasteiger partial charge in [0, 0.05) is 13.0 Å². The third kappa shape index (κ3) is 10.4. The summed E-state index contributed by atoms with van der Waals surface area (Å²) >= 11 is 0. The van der Waals surface area contributed by atoms with Crippen LogP contribution in [0.5, 0.6) is 0 Å². The lowest BCUT2D eigenvalue weighted by molar-refractivity contribution is -0.116. The summed E-state index contributed by atoms with van der Waals surface area (Å²) in [6, 6.07) is 0. The molecule has 0 radical (unpaired) electrons. The highest BCUT2D eigenvalue weighted by atomic mass is 16.1. The minimum atomic E-state index is -0.0324. The molecule has 1 N–H and O–H groups in total. The van der Waals surface area contributed by atoms with Crippen molar-refractivity contribution < 1.29 is 4.79 Å². The first-order valence-corrected chi connectivity index (χ1v) is 5.50. The highest BCUT2D eigenvalue weighted by Crippen LogP contribution is 1.90. The maximum Gasteiger partial charge on any atom is 0.243 e. The van der Waals surface area contributed by atoms with Crippen LogP contribution in [-0.4, -0.2) is 12.5 Å². The SMILES string of the molecule is CC#CC#CCC/C=C/C(=O)NCC(C)C. The molecule has 0 rings (SSSR count). The molecule has 0 aromatic heterocycles. The first-order valence-electron chi connectivity index (χ1n) is 5.50. The summed E-state index contributed by atoms with van der Waals surface area (Å²) in [5, 5.41) is 2.81. The summed E-state index contributed by atoms with van der Waals surface area (Å²) < 4.78 is 0. The minimum absolute atomic E-state index is 0.0324. The van der Waals surface area contributed by atoms with Gasteiger partial charge in [-0.1, -0.05) is 31.8 Å². The Morgan fingerprint density at radius 1 is 1.38 bits per heavy atom. The molecule has 2 nitrogen and oxygen atoms in total. The number of carbonyl (C=O) groups is 1. The third-order valence-electron chi connectivity index (χ3n) is 1.67. The molecule has 0 saturated heterocycles. The predicted octanol–water partition coefficient (Wildman–Crippen LogP) is 2.12. The van der Waals surface area contributed by atoms with Crippen LogP contribution in [0.25, 0.3) is 0 Å². The first kappa shape index (κ1) is 14.3. The second-order valence-electron chi connectivity index (χ2n) is 3.76. The number of nitrogens with one attached hydrogen (secondary N) is 1. The van der Waals surface area contributed by atoms with E-state index in [4.69, 9.17) is 0 Å². The van der Waals surface area contributed by atoms with Gasteiger partial charge in [-0.15, -0.1) is 0 Å². The number of carbonyl (C=O) groups excluding carboxylic acids is 1. The van der Waals surface area contributed by atoms with Gasteiger partial charge in [0.05, 0.1) is 0 Å². The van der Waals surface area contributed by atoms with Crippen LogP contribution < -0.4 is 5.32 Å². The molecule has 0 aliphatic carbocycles. The van der Waals surface area contributed by atoms with Crippen LogP contribution in [0.1, 0.15) is 33.6 Å². The van der Waals surface area contributed by atoms with Gasteiger partial charge in [-0.25, -0.2) is 0 Å². The number of rotatable bonds is 5.